The third kappa shape index (κ3) is 5.86. The third-order valence-corrected chi connectivity index (χ3v) is 3.23. The van der Waals surface area contributed by atoms with Gasteiger partial charge >= 0.3 is 0 Å². The second-order valence-electron chi connectivity index (χ2n) is 4.49. The zero-order chi connectivity index (χ0) is 14.8. The van der Waals surface area contributed by atoms with Gasteiger partial charge in [0.25, 0.3) is 5.69 Å². The summed E-state index contributed by atoms with van der Waals surface area (Å²) in [5.41, 5.74) is 0.593. The molecular formula is C14H21ClN2O3. The van der Waals surface area contributed by atoms with Crippen LogP contribution in [0.25, 0.3) is 0 Å². The van der Waals surface area contributed by atoms with Crippen LogP contribution in [0.3, 0.4) is 0 Å². The molecular weight excluding hydrogens is 280 g/mol. The lowest BCUT2D eigenvalue weighted by atomic mass is 10.2. The highest BCUT2D eigenvalue weighted by Gasteiger charge is 2.15. The quantitative estimate of drug-likeness (QED) is 0.408. The summed E-state index contributed by atoms with van der Waals surface area (Å²) in [6, 6.07) is 4.72. The van der Waals surface area contributed by atoms with Crippen molar-refractivity contribution in [3.8, 4) is 0 Å². The Labute approximate surface area is 124 Å². The van der Waals surface area contributed by atoms with Crippen LogP contribution in [0, 0.1) is 10.1 Å². The summed E-state index contributed by atoms with van der Waals surface area (Å²) in [5, 5.41) is 14.5. The first-order valence-electron chi connectivity index (χ1n) is 6.87. The van der Waals surface area contributed by atoms with Crippen LogP contribution >= 0.6 is 11.6 Å². The topological polar surface area (TPSA) is 64.4 Å². The number of benzene rings is 1. The van der Waals surface area contributed by atoms with Gasteiger partial charge in [0.05, 0.1) is 15.5 Å². The van der Waals surface area contributed by atoms with E-state index < -0.39 is 4.92 Å². The highest BCUT2D eigenvalue weighted by atomic mass is 35.5. The number of ether oxygens (including phenoxy) is 1. The Bertz CT molecular complexity index is 427. The Morgan fingerprint density at radius 3 is 2.80 bits per heavy atom. The normalized spacial score (nSPS) is 10.7. The second kappa shape index (κ2) is 9.69. The van der Waals surface area contributed by atoms with E-state index in [4.69, 9.17) is 16.3 Å². The van der Waals surface area contributed by atoms with Gasteiger partial charge < -0.3 is 10.1 Å². The molecule has 0 saturated heterocycles. The Balaban J connectivity index is 2.30. The average molecular weight is 301 g/mol. The lowest BCUT2D eigenvalue weighted by Crippen LogP contribution is -2.17. The van der Waals surface area contributed by atoms with E-state index >= 15 is 0 Å². The van der Waals surface area contributed by atoms with E-state index in [9.17, 15) is 10.1 Å². The average Bonchev–Trinajstić information content (AvgIpc) is 2.43. The molecule has 0 fully saturated rings. The summed E-state index contributed by atoms with van der Waals surface area (Å²) < 4.78 is 5.44. The molecule has 112 valence electrons. The Morgan fingerprint density at radius 1 is 1.35 bits per heavy atom. The molecule has 0 aliphatic heterocycles. The number of nitrogens with one attached hydrogen (secondary N) is 1. The number of nitro benzene ring substituents is 1. The van der Waals surface area contributed by atoms with E-state index in [1.54, 1.807) is 12.1 Å². The number of rotatable bonds is 10. The van der Waals surface area contributed by atoms with Crippen LogP contribution in [-0.2, 0) is 11.3 Å². The van der Waals surface area contributed by atoms with Gasteiger partial charge in [-0.05, 0) is 25.5 Å². The first-order valence-corrected chi connectivity index (χ1v) is 7.24. The molecule has 0 amide bonds. The lowest BCUT2D eigenvalue weighted by Gasteiger charge is -2.08. The molecule has 0 unspecified atom stereocenters. The molecule has 1 aromatic carbocycles. The summed E-state index contributed by atoms with van der Waals surface area (Å²) in [7, 11) is 0. The molecule has 0 aromatic heterocycles. The Hall–Kier alpha value is -1.17. The number of nitro groups is 1. The molecule has 0 radical (unpaired) electrons. The fourth-order valence-electron chi connectivity index (χ4n) is 1.75. The van der Waals surface area contributed by atoms with Crippen molar-refractivity contribution in [3.05, 3.63) is 38.9 Å². The predicted octanol–water partition coefficient (Wildman–Crippen LogP) is 3.54. The largest absolute Gasteiger partial charge is 0.381 e. The molecule has 20 heavy (non-hydrogen) atoms. The van der Waals surface area contributed by atoms with Crippen LogP contribution in [0.2, 0.25) is 5.02 Å². The summed E-state index contributed by atoms with van der Waals surface area (Å²) in [5.74, 6) is 0. The molecule has 0 bridgehead atoms. The van der Waals surface area contributed by atoms with Crippen molar-refractivity contribution >= 4 is 17.3 Å². The number of hydrogen-bond donors (Lipinski definition) is 1. The maximum absolute atomic E-state index is 10.9. The number of unbranched alkanes of at least 4 members (excludes halogenated alkanes) is 1. The second-order valence-corrected chi connectivity index (χ2v) is 4.90. The van der Waals surface area contributed by atoms with Gasteiger partial charge in [-0.3, -0.25) is 10.1 Å². The molecule has 0 atom stereocenters. The molecule has 6 heteroatoms. The molecule has 1 N–H and O–H groups in total. The molecule has 0 saturated carbocycles. The van der Waals surface area contributed by atoms with Crippen molar-refractivity contribution in [1.29, 1.82) is 0 Å². The molecule has 5 nitrogen and oxygen atoms in total. The van der Waals surface area contributed by atoms with Gasteiger partial charge in [-0.1, -0.05) is 31.0 Å². The number of halogens is 1. The van der Waals surface area contributed by atoms with Gasteiger partial charge in [0.15, 0.2) is 0 Å². The lowest BCUT2D eigenvalue weighted by molar-refractivity contribution is -0.385. The SMILES string of the molecule is CCCCOCCCNCc1c(Cl)cccc1[N+](=O)[O-]. The van der Waals surface area contributed by atoms with Crippen molar-refractivity contribution < 1.29 is 9.66 Å². The Morgan fingerprint density at radius 2 is 2.10 bits per heavy atom. The monoisotopic (exact) mass is 300 g/mol. The van der Waals surface area contributed by atoms with E-state index in [0.29, 0.717) is 23.7 Å². The van der Waals surface area contributed by atoms with Crippen LogP contribution < -0.4 is 5.32 Å². The fraction of sp³-hybridized carbons (Fsp3) is 0.571. The third-order valence-electron chi connectivity index (χ3n) is 2.88. The predicted molar refractivity (Wildman–Crippen MR) is 80.2 cm³/mol. The molecule has 0 heterocycles. The van der Waals surface area contributed by atoms with Crippen LogP contribution in [0.4, 0.5) is 5.69 Å². The molecule has 0 aliphatic carbocycles. The summed E-state index contributed by atoms with van der Waals surface area (Å²) in [6.45, 7) is 4.77. The molecule has 1 rings (SSSR count). The smallest absolute Gasteiger partial charge is 0.275 e. The van der Waals surface area contributed by atoms with Gasteiger partial charge in [-0.2, -0.15) is 0 Å². The van der Waals surface area contributed by atoms with E-state index in [0.717, 1.165) is 32.4 Å². The first kappa shape index (κ1) is 16.9. The van der Waals surface area contributed by atoms with E-state index in [2.05, 4.69) is 12.2 Å². The van der Waals surface area contributed by atoms with Crippen molar-refractivity contribution in [1.82, 2.24) is 5.32 Å². The molecule has 0 spiro atoms. The highest BCUT2D eigenvalue weighted by Crippen LogP contribution is 2.25. The maximum atomic E-state index is 10.9. The zero-order valence-electron chi connectivity index (χ0n) is 11.7. The Kier molecular flexibility index (Phi) is 8.18. The minimum Gasteiger partial charge on any atom is -0.381 e. The van der Waals surface area contributed by atoms with E-state index in [1.807, 2.05) is 0 Å². The van der Waals surface area contributed by atoms with Crippen molar-refractivity contribution in [2.45, 2.75) is 32.7 Å². The van der Waals surface area contributed by atoms with E-state index in [-0.39, 0.29) is 5.69 Å². The summed E-state index contributed by atoms with van der Waals surface area (Å²) >= 11 is 6.00. The number of nitrogens with zero attached hydrogens (tertiary/aromatic N) is 1. The molecule has 0 aliphatic rings. The number of hydrogen-bond acceptors (Lipinski definition) is 4. The van der Waals surface area contributed by atoms with Crippen LogP contribution in [0.1, 0.15) is 31.7 Å². The highest BCUT2D eigenvalue weighted by molar-refractivity contribution is 6.31. The summed E-state index contributed by atoms with van der Waals surface area (Å²) in [6.07, 6.45) is 3.09. The maximum Gasteiger partial charge on any atom is 0.275 e. The van der Waals surface area contributed by atoms with Gasteiger partial charge in [0.2, 0.25) is 0 Å². The minimum absolute atomic E-state index is 0.0594. The minimum atomic E-state index is -0.406. The van der Waals surface area contributed by atoms with Gasteiger partial charge in [-0.25, -0.2) is 0 Å². The van der Waals surface area contributed by atoms with E-state index in [1.165, 1.54) is 6.07 Å². The first-order chi connectivity index (χ1) is 9.66. The van der Waals surface area contributed by atoms with Crippen LogP contribution in [-0.4, -0.2) is 24.7 Å². The molecule has 1 aromatic rings. The zero-order valence-corrected chi connectivity index (χ0v) is 12.5. The van der Waals surface area contributed by atoms with Gasteiger partial charge in [0.1, 0.15) is 0 Å². The van der Waals surface area contributed by atoms with Crippen LogP contribution in [0.5, 0.6) is 0 Å². The van der Waals surface area contributed by atoms with Gasteiger partial charge in [-0.15, -0.1) is 0 Å². The van der Waals surface area contributed by atoms with Crippen molar-refractivity contribution in [3.63, 3.8) is 0 Å². The van der Waals surface area contributed by atoms with Crippen molar-refractivity contribution in [2.24, 2.45) is 0 Å². The van der Waals surface area contributed by atoms with Crippen LogP contribution in [0.15, 0.2) is 18.2 Å². The van der Waals surface area contributed by atoms with Gasteiger partial charge in [0, 0.05) is 25.8 Å². The van der Waals surface area contributed by atoms with Crippen molar-refractivity contribution in [2.75, 3.05) is 19.8 Å². The summed E-state index contributed by atoms with van der Waals surface area (Å²) in [4.78, 5) is 10.5. The fourth-order valence-corrected chi connectivity index (χ4v) is 1.99. The standard InChI is InChI=1S/C14H21ClN2O3/c1-2-3-9-20-10-5-8-16-11-12-13(15)6-4-7-14(12)17(18)19/h4,6-7,16H,2-3,5,8-11H2,1H3.